The summed E-state index contributed by atoms with van der Waals surface area (Å²) in [5.74, 6) is -2.13. The number of hydrogen-bond donors (Lipinski definition) is 3. The maximum absolute atomic E-state index is 13.0. The van der Waals surface area contributed by atoms with Crippen molar-refractivity contribution in [1.82, 2.24) is 5.32 Å². The van der Waals surface area contributed by atoms with Crippen LogP contribution in [0.4, 0.5) is 14.5 Å². The Kier molecular flexibility index (Phi) is 6.71. The summed E-state index contributed by atoms with van der Waals surface area (Å²) in [7, 11) is 0. The average Bonchev–Trinajstić information content (AvgIpc) is 2.60. The molecular weight excluding hydrogens is 330 g/mol. The van der Waals surface area contributed by atoms with Crippen molar-refractivity contribution < 1.29 is 23.4 Å². The smallest absolute Gasteiger partial charge is 0.220 e. The van der Waals surface area contributed by atoms with Gasteiger partial charge in [0.05, 0.1) is 0 Å². The molecule has 0 saturated carbocycles. The Morgan fingerprint density at radius 3 is 2.68 bits per heavy atom. The van der Waals surface area contributed by atoms with Gasteiger partial charge in [-0.05, 0) is 30.2 Å². The van der Waals surface area contributed by atoms with Crippen molar-refractivity contribution in [3.05, 3.63) is 59.7 Å². The van der Waals surface area contributed by atoms with Gasteiger partial charge < -0.3 is 20.9 Å². The van der Waals surface area contributed by atoms with Crippen molar-refractivity contribution >= 4 is 11.6 Å². The molecule has 0 aliphatic rings. The molecule has 4 N–H and O–H groups in total. The molecule has 134 valence electrons. The monoisotopic (exact) mass is 350 g/mol. The summed E-state index contributed by atoms with van der Waals surface area (Å²) in [5.41, 5.74) is 7.33. The first-order valence-electron chi connectivity index (χ1n) is 7.81. The zero-order valence-electron chi connectivity index (χ0n) is 13.5. The van der Waals surface area contributed by atoms with Crippen LogP contribution in [0.25, 0.3) is 0 Å². The van der Waals surface area contributed by atoms with Gasteiger partial charge in [0.2, 0.25) is 5.91 Å². The van der Waals surface area contributed by atoms with E-state index in [2.05, 4.69) is 5.32 Å². The van der Waals surface area contributed by atoms with Crippen molar-refractivity contribution in [2.45, 2.75) is 18.9 Å². The largest absolute Gasteiger partial charge is 0.491 e. The first kappa shape index (κ1) is 18.7. The molecule has 1 atom stereocenters. The minimum atomic E-state index is -1.03. The molecule has 0 radical (unpaired) electrons. The number of anilines is 1. The molecule has 5 nitrogen and oxygen atoms in total. The summed E-state index contributed by atoms with van der Waals surface area (Å²) in [6, 6.07) is 10.4. The lowest BCUT2D eigenvalue weighted by Crippen LogP contribution is -2.35. The van der Waals surface area contributed by atoms with Crippen LogP contribution in [-0.4, -0.2) is 30.3 Å². The summed E-state index contributed by atoms with van der Waals surface area (Å²) in [6.07, 6.45) is -0.232. The zero-order chi connectivity index (χ0) is 18.2. The number of nitrogen functional groups attached to an aromatic ring is 1. The summed E-state index contributed by atoms with van der Waals surface area (Å²) >= 11 is 0. The predicted octanol–water partition coefficient (Wildman–Crippen LogP) is 2.04. The van der Waals surface area contributed by atoms with Gasteiger partial charge in [0.25, 0.3) is 0 Å². The number of benzene rings is 2. The second kappa shape index (κ2) is 8.98. The highest BCUT2D eigenvalue weighted by Crippen LogP contribution is 2.15. The lowest BCUT2D eigenvalue weighted by Gasteiger charge is -2.13. The number of aliphatic hydroxyl groups is 1. The molecule has 0 aliphatic heterocycles. The lowest BCUT2D eigenvalue weighted by atomic mass is 10.1. The van der Waals surface area contributed by atoms with Gasteiger partial charge in [0.1, 0.15) is 18.5 Å². The molecule has 7 heteroatoms. The molecule has 0 saturated heterocycles. The molecule has 2 rings (SSSR count). The van der Waals surface area contributed by atoms with Gasteiger partial charge in [0, 0.05) is 24.7 Å². The molecule has 1 amide bonds. The molecule has 0 aromatic heterocycles. The van der Waals surface area contributed by atoms with Crippen molar-refractivity contribution in [2.24, 2.45) is 0 Å². The third kappa shape index (κ3) is 6.04. The van der Waals surface area contributed by atoms with Crippen molar-refractivity contribution in [1.29, 1.82) is 0 Å². The van der Waals surface area contributed by atoms with Gasteiger partial charge in [-0.25, -0.2) is 8.78 Å². The summed E-state index contributed by atoms with van der Waals surface area (Å²) < 4.78 is 31.0. The van der Waals surface area contributed by atoms with E-state index in [-0.39, 0.29) is 31.2 Å². The fourth-order valence-corrected chi connectivity index (χ4v) is 2.15. The summed E-state index contributed by atoms with van der Waals surface area (Å²) in [6.45, 7) is -0.163. The van der Waals surface area contributed by atoms with Crippen LogP contribution in [0.5, 0.6) is 5.75 Å². The highest BCUT2D eigenvalue weighted by molar-refractivity contribution is 5.76. The van der Waals surface area contributed by atoms with E-state index < -0.39 is 17.7 Å². The third-order valence-corrected chi connectivity index (χ3v) is 3.54. The Hall–Kier alpha value is -2.67. The fourth-order valence-electron chi connectivity index (χ4n) is 2.15. The number of amides is 1. The van der Waals surface area contributed by atoms with Gasteiger partial charge in [-0.3, -0.25) is 4.79 Å². The minimum Gasteiger partial charge on any atom is -0.491 e. The van der Waals surface area contributed by atoms with Crippen LogP contribution in [-0.2, 0) is 11.2 Å². The number of rotatable bonds is 8. The highest BCUT2D eigenvalue weighted by Gasteiger charge is 2.10. The normalized spacial score (nSPS) is 11.8. The summed E-state index contributed by atoms with van der Waals surface area (Å²) in [5, 5.41) is 12.4. The van der Waals surface area contributed by atoms with Gasteiger partial charge >= 0.3 is 0 Å². The fraction of sp³-hybridized carbons (Fsp3) is 0.278. The van der Waals surface area contributed by atoms with E-state index in [1.807, 2.05) is 18.2 Å². The number of nitrogens with one attached hydrogen (secondary N) is 1. The molecule has 0 bridgehead atoms. The molecule has 0 heterocycles. The second-order valence-electron chi connectivity index (χ2n) is 5.54. The molecule has 2 aromatic carbocycles. The molecule has 25 heavy (non-hydrogen) atoms. The first-order valence-corrected chi connectivity index (χ1v) is 7.81. The van der Waals surface area contributed by atoms with Crippen molar-refractivity contribution in [3.8, 4) is 5.75 Å². The Labute approximate surface area is 144 Å². The van der Waals surface area contributed by atoms with Crippen LogP contribution in [0.3, 0.4) is 0 Å². The van der Waals surface area contributed by atoms with E-state index in [0.29, 0.717) is 12.1 Å². The average molecular weight is 350 g/mol. The van der Waals surface area contributed by atoms with Gasteiger partial charge in [0.15, 0.2) is 11.6 Å². The number of aliphatic hydroxyl groups excluding tert-OH is 1. The molecule has 0 aliphatic carbocycles. The number of halogens is 2. The topological polar surface area (TPSA) is 84.6 Å². The maximum atomic E-state index is 13.0. The van der Waals surface area contributed by atoms with E-state index in [9.17, 15) is 18.7 Å². The number of aryl methyl sites for hydroxylation is 1. The van der Waals surface area contributed by atoms with E-state index in [1.54, 1.807) is 6.07 Å². The maximum Gasteiger partial charge on any atom is 0.220 e. The molecule has 0 fully saturated rings. The van der Waals surface area contributed by atoms with Gasteiger partial charge in [-0.2, -0.15) is 0 Å². The molecule has 1 unspecified atom stereocenters. The molecule has 2 aromatic rings. The number of ether oxygens (including phenoxy) is 1. The third-order valence-electron chi connectivity index (χ3n) is 3.54. The summed E-state index contributed by atoms with van der Waals surface area (Å²) in [4.78, 5) is 11.8. The Bertz CT molecular complexity index is 725. The number of hydrogen-bond acceptors (Lipinski definition) is 4. The van der Waals surface area contributed by atoms with Crippen LogP contribution >= 0.6 is 0 Å². The predicted molar refractivity (Wildman–Crippen MR) is 90.0 cm³/mol. The number of nitrogens with two attached hydrogens (primary N) is 1. The molecular formula is C18H20F2N2O3. The lowest BCUT2D eigenvalue weighted by molar-refractivity contribution is -0.121. The Morgan fingerprint density at radius 1 is 1.20 bits per heavy atom. The van der Waals surface area contributed by atoms with Crippen LogP contribution in [0, 0.1) is 11.6 Å². The molecule has 0 spiro atoms. The van der Waals surface area contributed by atoms with Crippen LogP contribution in [0.15, 0.2) is 42.5 Å². The van der Waals surface area contributed by atoms with Crippen molar-refractivity contribution in [3.63, 3.8) is 0 Å². The van der Waals surface area contributed by atoms with Crippen LogP contribution in [0.1, 0.15) is 12.0 Å². The van der Waals surface area contributed by atoms with Gasteiger partial charge in [-0.15, -0.1) is 0 Å². The number of para-hydroxylation sites is 1. The van der Waals surface area contributed by atoms with E-state index >= 15 is 0 Å². The standard InChI is InChI=1S/C18H20F2N2O3/c19-15-7-6-14(9-16(15)20)25-11-13(23)10-22-18(24)8-5-12-3-1-2-4-17(12)21/h1-4,6-7,9,13,23H,5,8,10-11,21H2,(H,22,24). The van der Waals surface area contributed by atoms with Crippen molar-refractivity contribution in [2.75, 3.05) is 18.9 Å². The second-order valence-corrected chi connectivity index (χ2v) is 5.54. The van der Waals surface area contributed by atoms with Crippen LogP contribution < -0.4 is 15.8 Å². The first-order chi connectivity index (χ1) is 12.0. The SMILES string of the molecule is Nc1ccccc1CCC(=O)NCC(O)COc1ccc(F)c(F)c1. The highest BCUT2D eigenvalue weighted by atomic mass is 19.2. The van der Waals surface area contributed by atoms with E-state index in [0.717, 1.165) is 17.7 Å². The number of carbonyl (C=O) groups excluding carboxylic acids is 1. The minimum absolute atomic E-state index is 0.00716. The number of carbonyl (C=O) groups is 1. The Balaban J connectivity index is 1.68. The van der Waals surface area contributed by atoms with Gasteiger partial charge in [-0.1, -0.05) is 18.2 Å². The van der Waals surface area contributed by atoms with E-state index in [1.165, 1.54) is 6.07 Å². The van der Waals surface area contributed by atoms with Crippen LogP contribution in [0.2, 0.25) is 0 Å². The Morgan fingerprint density at radius 2 is 1.96 bits per heavy atom. The zero-order valence-corrected chi connectivity index (χ0v) is 13.5. The quantitative estimate of drug-likeness (QED) is 0.636. The van der Waals surface area contributed by atoms with E-state index in [4.69, 9.17) is 10.5 Å².